The van der Waals surface area contributed by atoms with Gasteiger partial charge >= 0.3 is 0 Å². The zero-order chi connectivity index (χ0) is 15.7. The number of carbonyl (C=O) groups excluding carboxylic acids is 2. The van der Waals surface area contributed by atoms with Gasteiger partial charge in [0.1, 0.15) is 5.75 Å². The minimum Gasteiger partial charge on any atom is -0.484 e. The van der Waals surface area contributed by atoms with E-state index in [1.807, 2.05) is 26.0 Å². The third-order valence-electron chi connectivity index (χ3n) is 2.44. The van der Waals surface area contributed by atoms with Crippen LogP contribution in [0.5, 0.6) is 5.75 Å². The highest BCUT2D eigenvalue weighted by molar-refractivity contribution is 7.80. The Bertz CT molecular complexity index is 503. The van der Waals surface area contributed by atoms with Crippen LogP contribution in [-0.2, 0) is 9.59 Å². The Morgan fingerprint density at radius 3 is 2.43 bits per heavy atom. The summed E-state index contributed by atoms with van der Waals surface area (Å²) in [7, 11) is 0. The van der Waals surface area contributed by atoms with E-state index in [1.165, 1.54) is 0 Å². The van der Waals surface area contributed by atoms with Gasteiger partial charge in [-0.2, -0.15) is 0 Å². The van der Waals surface area contributed by atoms with Crippen LogP contribution in [0.25, 0.3) is 0 Å². The second-order valence-electron chi connectivity index (χ2n) is 4.40. The molecule has 0 bridgehead atoms. The molecule has 0 radical (unpaired) electrons. The molecule has 3 N–H and O–H groups in total. The predicted molar refractivity (Wildman–Crippen MR) is 83.6 cm³/mol. The molecular formula is C14H19N3O3S. The van der Waals surface area contributed by atoms with Crippen LogP contribution in [0.2, 0.25) is 0 Å². The number of hydrogen-bond acceptors (Lipinski definition) is 4. The van der Waals surface area contributed by atoms with E-state index in [1.54, 1.807) is 12.1 Å². The van der Waals surface area contributed by atoms with Crippen molar-refractivity contribution in [1.82, 2.24) is 16.2 Å². The summed E-state index contributed by atoms with van der Waals surface area (Å²) in [5.74, 6) is 0.0115. The number of amides is 2. The maximum Gasteiger partial charge on any atom is 0.276 e. The predicted octanol–water partition coefficient (Wildman–Crippen LogP) is 1.20. The van der Waals surface area contributed by atoms with E-state index >= 15 is 0 Å². The lowest BCUT2D eigenvalue weighted by Gasteiger charge is -2.11. The van der Waals surface area contributed by atoms with Gasteiger partial charge in [-0.3, -0.25) is 20.4 Å². The van der Waals surface area contributed by atoms with Crippen molar-refractivity contribution in [3.05, 3.63) is 29.8 Å². The van der Waals surface area contributed by atoms with Crippen molar-refractivity contribution in [2.75, 3.05) is 6.61 Å². The van der Waals surface area contributed by atoms with E-state index in [0.29, 0.717) is 12.2 Å². The van der Waals surface area contributed by atoms with E-state index in [2.05, 4.69) is 16.2 Å². The largest absolute Gasteiger partial charge is 0.484 e. The molecule has 1 aromatic carbocycles. The molecule has 0 unspecified atom stereocenters. The van der Waals surface area contributed by atoms with Crippen LogP contribution in [0, 0.1) is 6.92 Å². The molecule has 21 heavy (non-hydrogen) atoms. The van der Waals surface area contributed by atoms with Crippen molar-refractivity contribution in [2.24, 2.45) is 0 Å². The minimum atomic E-state index is -0.400. The minimum absolute atomic E-state index is 0.0529. The molecular weight excluding hydrogens is 290 g/mol. The highest BCUT2D eigenvalue weighted by atomic mass is 32.1. The normalized spacial score (nSPS) is 9.62. The highest BCUT2D eigenvalue weighted by Crippen LogP contribution is 2.10. The number of hydrazine groups is 1. The fraction of sp³-hybridized carbons (Fsp3) is 0.357. The summed E-state index contributed by atoms with van der Waals surface area (Å²) >= 11 is 4.86. The van der Waals surface area contributed by atoms with Crippen LogP contribution in [-0.4, -0.2) is 23.5 Å². The zero-order valence-corrected chi connectivity index (χ0v) is 12.9. The van der Waals surface area contributed by atoms with E-state index in [-0.39, 0.29) is 17.6 Å². The second kappa shape index (κ2) is 8.91. The molecule has 0 aliphatic carbocycles. The maximum absolute atomic E-state index is 11.5. The molecule has 0 atom stereocenters. The van der Waals surface area contributed by atoms with Crippen LogP contribution < -0.4 is 20.9 Å². The molecule has 0 heterocycles. The van der Waals surface area contributed by atoms with E-state index in [0.717, 1.165) is 12.0 Å². The Kier molecular flexibility index (Phi) is 7.17. The number of thiocarbonyl (C=S) groups is 1. The van der Waals surface area contributed by atoms with Crippen LogP contribution in [0.4, 0.5) is 0 Å². The van der Waals surface area contributed by atoms with Gasteiger partial charge in [0.25, 0.3) is 5.91 Å². The summed E-state index contributed by atoms with van der Waals surface area (Å²) in [6, 6.07) is 7.35. The molecule has 0 saturated heterocycles. The van der Waals surface area contributed by atoms with Gasteiger partial charge in [-0.25, -0.2) is 0 Å². The molecule has 0 saturated carbocycles. The van der Waals surface area contributed by atoms with Crippen LogP contribution >= 0.6 is 12.2 Å². The summed E-state index contributed by atoms with van der Waals surface area (Å²) in [6.45, 7) is 3.70. The van der Waals surface area contributed by atoms with Crippen LogP contribution in [0.3, 0.4) is 0 Å². The molecule has 1 aromatic rings. The van der Waals surface area contributed by atoms with Crippen molar-refractivity contribution in [3.63, 3.8) is 0 Å². The van der Waals surface area contributed by atoms with Gasteiger partial charge in [0.15, 0.2) is 11.7 Å². The first-order chi connectivity index (χ1) is 10.0. The lowest BCUT2D eigenvalue weighted by Crippen LogP contribution is -2.49. The van der Waals surface area contributed by atoms with E-state index in [4.69, 9.17) is 17.0 Å². The number of aryl methyl sites for hydroxylation is 1. The van der Waals surface area contributed by atoms with Gasteiger partial charge in [-0.05, 0) is 37.7 Å². The lowest BCUT2D eigenvalue weighted by atomic mass is 10.2. The van der Waals surface area contributed by atoms with Crippen molar-refractivity contribution in [1.29, 1.82) is 0 Å². The average Bonchev–Trinajstić information content (AvgIpc) is 2.44. The standard InChI is InChI=1S/C14H19N3O3S/c1-3-4-12(18)15-14(21)17-16-13(19)9-20-11-7-5-10(2)6-8-11/h5-8H,3-4,9H2,1-2H3,(H,16,19)(H2,15,17,18,21). The summed E-state index contributed by atoms with van der Waals surface area (Å²) in [4.78, 5) is 22.8. The average molecular weight is 309 g/mol. The number of ether oxygens (including phenoxy) is 1. The zero-order valence-electron chi connectivity index (χ0n) is 12.1. The van der Waals surface area contributed by atoms with Gasteiger partial charge in [-0.15, -0.1) is 0 Å². The fourth-order valence-electron chi connectivity index (χ4n) is 1.39. The smallest absolute Gasteiger partial charge is 0.276 e. The molecule has 0 aliphatic rings. The maximum atomic E-state index is 11.5. The van der Waals surface area contributed by atoms with Crippen molar-refractivity contribution in [2.45, 2.75) is 26.7 Å². The van der Waals surface area contributed by atoms with Gasteiger partial charge < -0.3 is 10.1 Å². The topological polar surface area (TPSA) is 79.5 Å². The molecule has 0 aromatic heterocycles. The molecule has 114 valence electrons. The Morgan fingerprint density at radius 2 is 1.81 bits per heavy atom. The van der Waals surface area contributed by atoms with Crippen LogP contribution in [0.1, 0.15) is 25.3 Å². The molecule has 2 amide bonds. The first-order valence-electron chi connectivity index (χ1n) is 6.59. The quantitative estimate of drug-likeness (QED) is 0.562. The summed E-state index contributed by atoms with van der Waals surface area (Å²) in [5.41, 5.74) is 5.89. The molecule has 0 fully saturated rings. The highest BCUT2D eigenvalue weighted by Gasteiger charge is 2.05. The third-order valence-corrected chi connectivity index (χ3v) is 2.64. The summed E-state index contributed by atoms with van der Waals surface area (Å²) < 4.78 is 5.29. The number of benzene rings is 1. The first-order valence-corrected chi connectivity index (χ1v) is 7.00. The number of nitrogens with one attached hydrogen (secondary N) is 3. The molecule has 0 spiro atoms. The van der Waals surface area contributed by atoms with Crippen molar-refractivity contribution < 1.29 is 14.3 Å². The Hall–Kier alpha value is -2.15. The second-order valence-corrected chi connectivity index (χ2v) is 4.81. The molecule has 1 rings (SSSR count). The Labute approximate surface area is 129 Å². The SMILES string of the molecule is CCCC(=O)NC(=S)NNC(=O)COc1ccc(C)cc1. The molecule has 6 nitrogen and oxygen atoms in total. The van der Waals surface area contributed by atoms with Crippen molar-refractivity contribution in [3.8, 4) is 5.75 Å². The monoisotopic (exact) mass is 309 g/mol. The van der Waals surface area contributed by atoms with E-state index < -0.39 is 5.91 Å². The Balaban J connectivity index is 2.23. The van der Waals surface area contributed by atoms with Gasteiger partial charge in [0.05, 0.1) is 0 Å². The molecule has 7 heteroatoms. The Morgan fingerprint density at radius 1 is 1.14 bits per heavy atom. The van der Waals surface area contributed by atoms with Gasteiger partial charge in [0.2, 0.25) is 5.91 Å². The van der Waals surface area contributed by atoms with Crippen molar-refractivity contribution >= 4 is 29.1 Å². The fourth-order valence-corrected chi connectivity index (χ4v) is 1.56. The van der Waals surface area contributed by atoms with Gasteiger partial charge in [0, 0.05) is 6.42 Å². The van der Waals surface area contributed by atoms with Crippen LogP contribution in [0.15, 0.2) is 24.3 Å². The lowest BCUT2D eigenvalue weighted by molar-refractivity contribution is -0.124. The number of carbonyl (C=O) groups is 2. The third kappa shape index (κ3) is 7.26. The summed E-state index contributed by atoms with van der Waals surface area (Å²) in [5, 5.41) is 2.49. The van der Waals surface area contributed by atoms with Gasteiger partial charge in [-0.1, -0.05) is 24.6 Å². The summed E-state index contributed by atoms with van der Waals surface area (Å²) in [6.07, 6.45) is 1.11. The number of hydrogen-bond donors (Lipinski definition) is 3. The first kappa shape index (κ1) is 16.9. The number of rotatable bonds is 5. The van der Waals surface area contributed by atoms with E-state index in [9.17, 15) is 9.59 Å². The molecule has 0 aliphatic heterocycles.